The number of hydrogen-bond acceptors (Lipinski definition) is 4. The summed E-state index contributed by atoms with van der Waals surface area (Å²) in [5.74, 6) is -0.295. The van der Waals surface area contributed by atoms with Crippen LogP contribution >= 0.6 is 0 Å². The first-order valence-electron chi connectivity index (χ1n) is 6.88. The summed E-state index contributed by atoms with van der Waals surface area (Å²) < 4.78 is 0. The zero-order valence-electron chi connectivity index (χ0n) is 11.4. The van der Waals surface area contributed by atoms with E-state index in [1.165, 1.54) is 0 Å². The number of benzene rings is 2. The Morgan fingerprint density at radius 1 is 1.10 bits per heavy atom. The Balaban J connectivity index is 1.76. The number of anilines is 1. The van der Waals surface area contributed by atoms with Gasteiger partial charge in [0.25, 0.3) is 0 Å². The molecule has 5 nitrogen and oxygen atoms in total. The van der Waals surface area contributed by atoms with Gasteiger partial charge >= 0.3 is 0 Å². The molecule has 2 aromatic carbocycles. The second-order valence-corrected chi connectivity index (χ2v) is 5.03. The molecule has 5 heteroatoms. The molecule has 1 heterocycles. The average molecular weight is 283 g/mol. The van der Waals surface area contributed by atoms with Gasteiger partial charge in [0, 0.05) is 6.54 Å². The summed E-state index contributed by atoms with van der Waals surface area (Å²) in [7, 11) is 0. The van der Waals surface area contributed by atoms with Crippen LogP contribution < -0.4 is 16.2 Å². The van der Waals surface area contributed by atoms with Crippen LogP contribution in [0.2, 0.25) is 0 Å². The lowest BCUT2D eigenvalue weighted by Crippen LogP contribution is -2.29. The lowest BCUT2D eigenvalue weighted by molar-refractivity contribution is -0.119. The molecule has 3 rings (SSSR count). The van der Waals surface area contributed by atoms with E-state index in [9.17, 15) is 9.90 Å². The normalized spacial score (nSPS) is 21.1. The molecule has 1 saturated heterocycles. The van der Waals surface area contributed by atoms with Gasteiger partial charge in [0.2, 0.25) is 5.91 Å². The highest BCUT2D eigenvalue weighted by molar-refractivity contribution is 5.94. The number of aromatic hydroxyl groups is 1. The van der Waals surface area contributed by atoms with Crippen molar-refractivity contribution in [1.82, 2.24) is 10.9 Å². The van der Waals surface area contributed by atoms with Crippen LogP contribution in [-0.2, 0) is 4.79 Å². The summed E-state index contributed by atoms with van der Waals surface area (Å²) in [4.78, 5) is 12.4. The van der Waals surface area contributed by atoms with E-state index < -0.39 is 0 Å². The maximum atomic E-state index is 12.4. The largest absolute Gasteiger partial charge is 0.506 e. The highest BCUT2D eigenvalue weighted by atomic mass is 16.3. The Morgan fingerprint density at radius 3 is 2.57 bits per heavy atom. The SMILES string of the molecule is O=C(Nc1ccccc1O)C1CNNC1c1ccccc1. The predicted molar refractivity (Wildman–Crippen MR) is 80.5 cm³/mol. The molecule has 0 bridgehead atoms. The summed E-state index contributed by atoms with van der Waals surface area (Å²) in [5, 5.41) is 12.5. The minimum atomic E-state index is -0.244. The van der Waals surface area contributed by atoms with E-state index in [0.29, 0.717) is 12.2 Å². The molecule has 2 unspecified atom stereocenters. The Morgan fingerprint density at radius 2 is 1.81 bits per heavy atom. The van der Waals surface area contributed by atoms with Crippen LogP contribution in [-0.4, -0.2) is 17.6 Å². The molecule has 0 spiro atoms. The van der Waals surface area contributed by atoms with Crippen molar-refractivity contribution in [1.29, 1.82) is 0 Å². The fraction of sp³-hybridized carbons (Fsp3) is 0.188. The molecule has 1 amide bonds. The first kappa shape index (κ1) is 13.6. The molecule has 108 valence electrons. The third kappa shape index (κ3) is 2.89. The van der Waals surface area contributed by atoms with Gasteiger partial charge in [-0.05, 0) is 17.7 Å². The summed E-state index contributed by atoms with van der Waals surface area (Å²) in [6, 6.07) is 16.5. The highest BCUT2D eigenvalue weighted by Gasteiger charge is 2.34. The molecule has 4 N–H and O–H groups in total. The zero-order chi connectivity index (χ0) is 14.7. The maximum absolute atomic E-state index is 12.4. The Labute approximate surface area is 123 Å². The van der Waals surface area contributed by atoms with Crippen LogP contribution in [0.3, 0.4) is 0 Å². The van der Waals surface area contributed by atoms with Gasteiger partial charge in [-0.25, -0.2) is 5.43 Å². The number of nitrogens with one attached hydrogen (secondary N) is 3. The van der Waals surface area contributed by atoms with Gasteiger partial charge in [0.1, 0.15) is 5.75 Å². The molecule has 0 saturated carbocycles. The molecule has 2 aromatic rings. The fourth-order valence-electron chi connectivity index (χ4n) is 2.52. The van der Waals surface area contributed by atoms with Crippen molar-refractivity contribution in [2.24, 2.45) is 5.92 Å². The summed E-state index contributed by atoms with van der Waals surface area (Å²) in [6.07, 6.45) is 0. The number of amides is 1. The van der Waals surface area contributed by atoms with Crippen molar-refractivity contribution in [2.45, 2.75) is 6.04 Å². The van der Waals surface area contributed by atoms with Crippen molar-refractivity contribution in [2.75, 3.05) is 11.9 Å². The minimum Gasteiger partial charge on any atom is -0.506 e. The average Bonchev–Trinajstić information content (AvgIpc) is 3.00. The second kappa shape index (κ2) is 5.95. The number of hydrazine groups is 1. The van der Waals surface area contributed by atoms with E-state index in [2.05, 4.69) is 16.2 Å². The van der Waals surface area contributed by atoms with Crippen molar-refractivity contribution >= 4 is 11.6 Å². The molecule has 1 aliphatic rings. The Hall–Kier alpha value is -2.37. The van der Waals surface area contributed by atoms with Gasteiger partial charge in [-0.15, -0.1) is 0 Å². The third-order valence-electron chi connectivity index (χ3n) is 3.64. The van der Waals surface area contributed by atoms with Gasteiger partial charge in [-0.3, -0.25) is 10.2 Å². The predicted octanol–water partition coefficient (Wildman–Crippen LogP) is 1.80. The van der Waals surface area contributed by atoms with Crippen LogP contribution in [0.4, 0.5) is 5.69 Å². The standard InChI is InChI=1S/C16H17N3O2/c20-14-9-5-4-8-13(14)18-16(21)12-10-17-19-15(12)11-6-2-1-3-7-11/h1-9,12,15,17,19-20H,10H2,(H,18,21). The topological polar surface area (TPSA) is 73.4 Å². The van der Waals surface area contributed by atoms with E-state index in [-0.39, 0.29) is 23.6 Å². The van der Waals surface area contributed by atoms with Gasteiger partial charge in [0.05, 0.1) is 17.6 Å². The zero-order valence-corrected chi connectivity index (χ0v) is 11.4. The van der Waals surface area contributed by atoms with Gasteiger partial charge in [-0.1, -0.05) is 42.5 Å². The molecule has 0 aliphatic carbocycles. The monoisotopic (exact) mass is 283 g/mol. The summed E-state index contributed by atoms with van der Waals surface area (Å²) in [6.45, 7) is 0.541. The molecule has 1 aliphatic heterocycles. The minimum absolute atomic E-state index is 0.0704. The van der Waals surface area contributed by atoms with Gasteiger partial charge in [-0.2, -0.15) is 0 Å². The van der Waals surface area contributed by atoms with Crippen LogP contribution in [0.15, 0.2) is 54.6 Å². The number of carbonyl (C=O) groups is 1. The second-order valence-electron chi connectivity index (χ2n) is 5.03. The highest BCUT2D eigenvalue weighted by Crippen LogP contribution is 2.28. The van der Waals surface area contributed by atoms with Crippen LogP contribution in [0.25, 0.3) is 0 Å². The molecule has 1 fully saturated rings. The van der Waals surface area contributed by atoms with Crippen LogP contribution in [0, 0.1) is 5.92 Å². The van der Waals surface area contributed by atoms with E-state index in [4.69, 9.17) is 0 Å². The number of para-hydroxylation sites is 2. The van der Waals surface area contributed by atoms with E-state index in [1.54, 1.807) is 24.3 Å². The first-order chi connectivity index (χ1) is 10.3. The Kier molecular flexibility index (Phi) is 3.85. The fourth-order valence-corrected chi connectivity index (χ4v) is 2.52. The molecule has 0 radical (unpaired) electrons. The molecular weight excluding hydrogens is 266 g/mol. The molecular formula is C16H17N3O2. The molecule has 0 aromatic heterocycles. The number of rotatable bonds is 3. The third-order valence-corrected chi connectivity index (χ3v) is 3.64. The lowest BCUT2D eigenvalue weighted by Gasteiger charge is -2.18. The number of phenols is 1. The van der Waals surface area contributed by atoms with Crippen molar-refractivity contribution in [3.05, 3.63) is 60.2 Å². The van der Waals surface area contributed by atoms with Crippen molar-refractivity contribution < 1.29 is 9.90 Å². The Bertz CT molecular complexity index is 630. The van der Waals surface area contributed by atoms with E-state index in [0.717, 1.165) is 5.56 Å². The van der Waals surface area contributed by atoms with E-state index >= 15 is 0 Å². The molecule has 2 atom stereocenters. The van der Waals surface area contributed by atoms with Crippen molar-refractivity contribution in [3.63, 3.8) is 0 Å². The first-order valence-corrected chi connectivity index (χ1v) is 6.88. The van der Waals surface area contributed by atoms with Crippen LogP contribution in [0.1, 0.15) is 11.6 Å². The van der Waals surface area contributed by atoms with Gasteiger partial charge < -0.3 is 10.4 Å². The van der Waals surface area contributed by atoms with Gasteiger partial charge in [0.15, 0.2) is 0 Å². The molecule has 21 heavy (non-hydrogen) atoms. The van der Waals surface area contributed by atoms with Crippen molar-refractivity contribution in [3.8, 4) is 5.75 Å². The van der Waals surface area contributed by atoms with E-state index in [1.807, 2.05) is 30.3 Å². The smallest absolute Gasteiger partial charge is 0.230 e. The van der Waals surface area contributed by atoms with Crippen LogP contribution in [0.5, 0.6) is 5.75 Å². The number of carbonyl (C=O) groups excluding carboxylic acids is 1. The number of hydrogen-bond donors (Lipinski definition) is 4. The quantitative estimate of drug-likeness (QED) is 0.648. The maximum Gasteiger partial charge on any atom is 0.230 e. The summed E-state index contributed by atoms with van der Waals surface area (Å²) in [5.41, 5.74) is 7.65. The number of phenolic OH excluding ortho intramolecular Hbond substituents is 1. The lowest BCUT2D eigenvalue weighted by atomic mass is 9.94. The summed E-state index contributed by atoms with van der Waals surface area (Å²) >= 11 is 0.